The molecule has 1 aromatic rings. The van der Waals surface area contributed by atoms with Crippen LogP contribution in [0.1, 0.15) is 24.2 Å². The molecule has 1 aliphatic rings. The second kappa shape index (κ2) is 4.84. The van der Waals surface area contributed by atoms with Crippen molar-refractivity contribution in [2.24, 2.45) is 0 Å². The largest absolute Gasteiger partial charge is 0.377 e. The van der Waals surface area contributed by atoms with Crippen LogP contribution in [0.4, 0.5) is 10.1 Å². The zero-order valence-electron chi connectivity index (χ0n) is 10.1. The Morgan fingerprint density at radius 2 is 2.29 bits per heavy atom. The van der Waals surface area contributed by atoms with Crippen LogP contribution in [0.15, 0.2) is 18.2 Å². The van der Waals surface area contributed by atoms with E-state index in [4.69, 9.17) is 4.74 Å². The molecule has 0 aromatic heterocycles. The van der Waals surface area contributed by atoms with Gasteiger partial charge in [-0.1, -0.05) is 0 Å². The van der Waals surface area contributed by atoms with Gasteiger partial charge >= 0.3 is 0 Å². The Morgan fingerprint density at radius 3 is 2.88 bits per heavy atom. The third kappa shape index (κ3) is 2.47. The Labute approximate surface area is 100 Å². The van der Waals surface area contributed by atoms with Gasteiger partial charge in [-0.05, 0) is 32.0 Å². The van der Waals surface area contributed by atoms with Crippen molar-refractivity contribution < 1.29 is 13.9 Å². The molecule has 0 spiro atoms. The highest BCUT2D eigenvalue weighted by Gasteiger charge is 2.21. The van der Waals surface area contributed by atoms with E-state index in [1.54, 1.807) is 12.1 Å². The summed E-state index contributed by atoms with van der Waals surface area (Å²) in [7, 11) is 0. The average molecular weight is 237 g/mol. The second-order valence-corrected chi connectivity index (χ2v) is 4.34. The summed E-state index contributed by atoms with van der Waals surface area (Å²) in [5, 5.41) is 0. The summed E-state index contributed by atoms with van der Waals surface area (Å²) in [5.41, 5.74) is 0.956. The fraction of sp³-hybridized carbons (Fsp3) is 0.462. The van der Waals surface area contributed by atoms with Gasteiger partial charge in [-0.2, -0.15) is 0 Å². The number of carbonyl (C=O) groups is 1. The molecule has 0 N–H and O–H groups in total. The minimum atomic E-state index is -0.341. The molecule has 1 heterocycles. The highest BCUT2D eigenvalue weighted by molar-refractivity contribution is 5.94. The Hall–Kier alpha value is -1.42. The van der Waals surface area contributed by atoms with Crippen LogP contribution in [-0.2, 0) is 4.74 Å². The van der Waals surface area contributed by atoms with Crippen molar-refractivity contribution in [2.45, 2.75) is 19.9 Å². The highest BCUT2D eigenvalue weighted by Crippen LogP contribution is 2.24. The lowest BCUT2D eigenvalue weighted by Crippen LogP contribution is -2.44. The number of ketones is 1. The Bertz CT molecular complexity index is 433. The van der Waals surface area contributed by atoms with Gasteiger partial charge in [0.25, 0.3) is 0 Å². The topological polar surface area (TPSA) is 29.5 Å². The van der Waals surface area contributed by atoms with Gasteiger partial charge in [0.05, 0.1) is 18.9 Å². The smallest absolute Gasteiger partial charge is 0.159 e. The summed E-state index contributed by atoms with van der Waals surface area (Å²) in [6.07, 6.45) is 0. The number of benzene rings is 1. The third-order valence-electron chi connectivity index (χ3n) is 3.03. The third-order valence-corrected chi connectivity index (χ3v) is 3.03. The maximum Gasteiger partial charge on any atom is 0.159 e. The van der Waals surface area contributed by atoms with Gasteiger partial charge in [-0.15, -0.1) is 0 Å². The molecule has 0 aliphatic carbocycles. The fourth-order valence-electron chi connectivity index (χ4n) is 2.04. The number of halogens is 1. The first-order valence-electron chi connectivity index (χ1n) is 5.74. The molecule has 1 fully saturated rings. The number of carbonyl (C=O) groups excluding carboxylic acids is 1. The molecule has 1 unspecified atom stereocenters. The number of ether oxygens (including phenoxy) is 1. The van der Waals surface area contributed by atoms with Gasteiger partial charge in [0.1, 0.15) is 5.82 Å². The lowest BCUT2D eigenvalue weighted by molar-refractivity contribution is 0.0984. The van der Waals surface area contributed by atoms with E-state index in [0.29, 0.717) is 31.0 Å². The van der Waals surface area contributed by atoms with Crippen molar-refractivity contribution in [2.75, 3.05) is 24.7 Å². The summed E-state index contributed by atoms with van der Waals surface area (Å²) in [5.74, 6) is -0.461. The van der Waals surface area contributed by atoms with Crippen molar-refractivity contribution in [3.63, 3.8) is 0 Å². The van der Waals surface area contributed by atoms with Gasteiger partial charge < -0.3 is 9.64 Å². The molecule has 1 aromatic carbocycles. The van der Waals surface area contributed by atoms with Gasteiger partial charge in [0, 0.05) is 18.2 Å². The molecular formula is C13H16FNO2. The Balaban J connectivity index is 2.29. The van der Waals surface area contributed by atoms with E-state index in [0.717, 1.165) is 0 Å². The van der Waals surface area contributed by atoms with Gasteiger partial charge in [-0.3, -0.25) is 4.79 Å². The molecule has 0 radical (unpaired) electrons. The zero-order chi connectivity index (χ0) is 12.4. The number of rotatable bonds is 2. The van der Waals surface area contributed by atoms with E-state index < -0.39 is 0 Å². The first-order valence-corrected chi connectivity index (χ1v) is 5.74. The molecule has 17 heavy (non-hydrogen) atoms. The van der Waals surface area contributed by atoms with Crippen LogP contribution in [0.2, 0.25) is 0 Å². The second-order valence-electron chi connectivity index (χ2n) is 4.34. The van der Waals surface area contributed by atoms with Crippen molar-refractivity contribution in [3.8, 4) is 0 Å². The summed E-state index contributed by atoms with van der Waals surface area (Å²) < 4.78 is 19.3. The molecular weight excluding hydrogens is 221 g/mol. The van der Waals surface area contributed by atoms with Gasteiger partial charge in [0.15, 0.2) is 5.78 Å². The summed E-state index contributed by atoms with van der Waals surface area (Å²) in [4.78, 5) is 13.1. The minimum absolute atomic E-state index is 0.120. The normalized spacial score (nSPS) is 20.4. The van der Waals surface area contributed by atoms with Gasteiger partial charge in [0.2, 0.25) is 0 Å². The number of morpholine rings is 1. The van der Waals surface area contributed by atoms with Crippen molar-refractivity contribution >= 4 is 11.5 Å². The monoisotopic (exact) mass is 237 g/mol. The first kappa shape index (κ1) is 12.0. The number of nitrogens with zero attached hydrogens (tertiary/aromatic N) is 1. The van der Waals surface area contributed by atoms with E-state index in [9.17, 15) is 9.18 Å². The maximum absolute atomic E-state index is 13.9. The zero-order valence-corrected chi connectivity index (χ0v) is 10.1. The van der Waals surface area contributed by atoms with E-state index in [2.05, 4.69) is 0 Å². The molecule has 1 atom stereocenters. The van der Waals surface area contributed by atoms with Gasteiger partial charge in [-0.25, -0.2) is 4.39 Å². The van der Waals surface area contributed by atoms with E-state index >= 15 is 0 Å². The van der Waals surface area contributed by atoms with E-state index in [1.165, 1.54) is 13.0 Å². The molecule has 4 heteroatoms. The van der Waals surface area contributed by atoms with Crippen LogP contribution in [0.5, 0.6) is 0 Å². The number of anilines is 1. The summed E-state index contributed by atoms with van der Waals surface area (Å²) in [6, 6.07) is 4.80. The summed E-state index contributed by atoms with van der Waals surface area (Å²) in [6.45, 7) is 5.33. The minimum Gasteiger partial charge on any atom is -0.377 e. The highest BCUT2D eigenvalue weighted by atomic mass is 19.1. The molecule has 0 bridgehead atoms. The molecule has 0 saturated carbocycles. The fourth-order valence-corrected chi connectivity index (χ4v) is 2.04. The summed E-state index contributed by atoms with van der Waals surface area (Å²) >= 11 is 0. The SMILES string of the molecule is CC(=O)c1ccc(N2CCOCC2C)c(F)c1. The van der Waals surface area contributed by atoms with Crippen LogP contribution < -0.4 is 4.90 Å². The van der Waals surface area contributed by atoms with Crippen LogP contribution in [-0.4, -0.2) is 31.6 Å². The van der Waals surface area contributed by atoms with Crippen LogP contribution in [0.3, 0.4) is 0 Å². The standard InChI is InChI=1S/C13H16FNO2/c1-9-8-17-6-5-15(9)13-4-3-11(10(2)16)7-12(13)14/h3-4,7,9H,5-6,8H2,1-2H3. The molecule has 2 rings (SSSR count). The molecule has 1 aliphatic heterocycles. The molecule has 92 valence electrons. The van der Waals surface area contributed by atoms with Crippen LogP contribution in [0.25, 0.3) is 0 Å². The average Bonchev–Trinajstić information content (AvgIpc) is 2.30. The lowest BCUT2D eigenvalue weighted by atomic mass is 10.1. The maximum atomic E-state index is 13.9. The van der Waals surface area contributed by atoms with Crippen molar-refractivity contribution in [1.29, 1.82) is 0 Å². The number of hydrogen-bond donors (Lipinski definition) is 0. The first-order chi connectivity index (χ1) is 8.09. The molecule has 1 saturated heterocycles. The lowest BCUT2D eigenvalue weighted by Gasteiger charge is -2.35. The number of hydrogen-bond acceptors (Lipinski definition) is 3. The van der Waals surface area contributed by atoms with Crippen LogP contribution in [0, 0.1) is 5.82 Å². The quantitative estimate of drug-likeness (QED) is 0.739. The van der Waals surface area contributed by atoms with Crippen molar-refractivity contribution in [1.82, 2.24) is 0 Å². The molecule has 3 nitrogen and oxygen atoms in total. The van der Waals surface area contributed by atoms with E-state index in [-0.39, 0.29) is 17.6 Å². The molecule has 0 amide bonds. The Kier molecular flexibility index (Phi) is 3.43. The predicted molar refractivity (Wildman–Crippen MR) is 64.0 cm³/mol. The van der Waals surface area contributed by atoms with Crippen molar-refractivity contribution in [3.05, 3.63) is 29.6 Å². The number of Topliss-reactive ketones (excluding diaryl/α,β-unsaturated/α-hetero) is 1. The predicted octanol–water partition coefficient (Wildman–Crippen LogP) is 2.25. The van der Waals surface area contributed by atoms with Crippen LogP contribution >= 0.6 is 0 Å². The Morgan fingerprint density at radius 1 is 1.53 bits per heavy atom. The van der Waals surface area contributed by atoms with E-state index in [1.807, 2.05) is 11.8 Å².